The normalized spacial score (nSPS) is 16.6. The molecule has 0 amide bonds. The molecular formula is C19H18F25N2O3S+. The summed E-state index contributed by atoms with van der Waals surface area (Å²) in [6.07, 6.45) is -12.0. The lowest BCUT2D eigenvalue weighted by Gasteiger charge is -2.45. The summed E-state index contributed by atoms with van der Waals surface area (Å²) in [7, 11) is -3.25. The van der Waals surface area contributed by atoms with E-state index in [-0.39, 0.29) is 6.54 Å². The Kier molecular flexibility index (Phi) is 12.4. The van der Waals surface area contributed by atoms with Gasteiger partial charge >= 0.3 is 71.3 Å². The van der Waals surface area contributed by atoms with Crippen LogP contribution in [0.1, 0.15) is 12.8 Å². The largest absolute Gasteiger partial charge is 0.460 e. The number of alkyl halides is 25. The SMILES string of the molecule is C[N+](C)(O)CCCNS(=O)(=O)CCC(F)(F)C(F)(F)C(F)(F)C(F)(F)C(F)(F)C(F)(F)C(F)(F)C(F)(F)C(F)(F)C(F)(F)C(F)(F)C(F)(F)F. The number of halogens is 25. The van der Waals surface area contributed by atoms with Crippen molar-refractivity contribution >= 4 is 10.0 Å². The number of sulfonamides is 1. The fraction of sp³-hybridized carbons (Fsp3) is 1.00. The van der Waals surface area contributed by atoms with Crippen molar-refractivity contribution in [3.63, 3.8) is 0 Å². The van der Waals surface area contributed by atoms with E-state index < -0.39 is 111 Å². The highest BCUT2D eigenvalue weighted by atomic mass is 32.2. The predicted molar refractivity (Wildman–Crippen MR) is 110 cm³/mol. The summed E-state index contributed by atoms with van der Waals surface area (Å²) >= 11 is 0. The summed E-state index contributed by atoms with van der Waals surface area (Å²) in [5.41, 5.74) is 0. The Balaban J connectivity index is 6.88. The van der Waals surface area contributed by atoms with Gasteiger partial charge in [-0.25, -0.2) is 18.3 Å². The zero-order valence-corrected chi connectivity index (χ0v) is 24.4. The van der Waals surface area contributed by atoms with E-state index in [0.717, 1.165) is 14.1 Å². The summed E-state index contributed by atoms with van der Waals surface area (Å²) < 4.78 is 361. The lowest BCUT2D eigenvalue weighted by atomic mass is 9.84. The zero-order valence-electron chi connectivity index (χ0n) is 23.6. The minimum absolute atomic E-state index is 0.345. The molecule has 302 valence electrons. The summed E-state index contributed by atoms with van der Waals surface area (Å²) in [6, 6.07) is 0. The number of hydroxylamine groups is 3. The summed E-state index contributed by atoms with van der Waals surface area (Å²) in [5.74, 6) is -102. The van der Waals surface area contributed by atoms with E-state index in [4.69, 9.17) is 0 Å². The maximum Gasteiger partial charge on any atom is 0.460 e. The van der Waals surface area contributed by atoms with Crippen LogP contribution >= 0.6 is 0 Å². The van der Waals surface area contributed by atoms with E-state index in [2.05, 4.69) is 0 Å². The standard InChI is InChI=1S/C19H18F25N2O3S/c1-46(2,47)6-3-5-45-50(48,49)7-4-8(20,21)9(22,23)10(24,25)11(26,27)12(28,29)13(30,31)14(32,33)15(34,35)16(36,37)17(38,39)18(40,41)19(42,43)44/h45,47H,3-7H2,1-2H3/q+1. The second-order valence-corrected chi connectivity index (χ2v) is 12.5. The average Bonchev–Trinajstić information content (AvgIpc) is 2.87. The molecule has 0 saturated heterocycles. The second-order valence-electron chi connectivity index (χ2n) is 10.6. The van der Waals surface area contributed by atoms with Gasteiger partial charge in [-0.2, -0.15) is 114 Å². The molecule has 0 aliphatic heterocycles. The van der Waals surface area contributed by atoms with Crippen LogP contribution in [0.2, 0.25) is 0 Å². The molecule has 0 spiro atoms. The van der Waals surface area contributed by atoms with E-state index in [0.29, 0.717) is 0 Å². The topological polar surface area (TPSA) is 66.4 Å². The summed E-state index contributed by atoms with van der Waals surface area (Å²) in [5, 5.41) is 9.34. The van der Waals surface area contributed by atoms with Gasteiger partial charge < -0.3 is 0 Å². The molecule has 0 aromatic carbocycles. The molecule has 0 aromatic rings. The molecule has 0 radical (unpaired) electrons. The Morgan fingerprint density at radius 3 is 1.00 bits per heavy atom. The van der Waals surface area contributed by atoms with Gasteiger partial charge in [0.1, 0.15) is 6.54 Å². The average molecular weight is 829 g/mol. The van der Waals surface area contributed by atoms with Crippen LogP contribution in [0.4, 0.5) is 110 Å². The van der Waals surface area contributed by atoms with Crippen molar-refractivity contribution in [3.05, 3.63) is 0 Å². The first-order valence-electron chi connectivity index (χ1n) is 11.9. The Hall–Kier alpha value is -1.92. The smallest absolute Gasteiger partial charge is 0.217 e. The first-order valence-corrected chi connectivity index (χ1v) is 13.6. The number of hydrogen-bond donors (Lipinski definition) is 2. The Bertz CT molecular complexity index is 1300. The fourth-order valence-electron chi connectivity index (χ4n) is 3.17. The molecule has 0 aliphatic carbocycles. The molecule has 0 fully saturated rings. The third-order valence-corrected chi connectivity index (χ3v) is 7.64. The van der Waals surface area contributed by atoms with E-state index in [1.807, 2.05) is 0 Å². The van der Waals surface area contributed by atoms with Crippen molar-refractivity contribution in [2.45, 2.75) is 84.2 Å². The molecule has 0 bridgehead atoms. The van der Waals surface area contributed by atoms with E-state index >= 15 is 0 Å². The Morgan fingerprint density at radius 1 is 0.480 bits per heavy atom. The Labute approximate surface area is 260 Å². The van der Waals surface area contributed by atoms with Gasteiger partial charge in [-0.3, -0.25) is 0 Å². The van der Waals surface area contributed by atoms with Gasteiger partial charge in [-0.05, 0) is 0 Å². The molecule has 5 nitrogen and oxygen atoms in total. The lowest BCUT2D eigenvalue weighted by molar-refractivity contribution is -1.07. The van der Waals surface area contributed by atoms with Crippen molar-refractivity contribution in [1.29, 1.82) is 0 Å². The third-order valence-electron chi connectivity index (χ3n) is 6.25. The lowest BCUT2D eigenvalue weighted by Crippen LogP contribution is -2.78. The van der Waals surface area contributed by atoms with Crippen molar-refractivity contribution < 1.29 is 128 Å². The van der Waals surface area contributed by atoms with Crippen LogP contribution in [0.15, 0.2) is 0 Å². The monoisotopic (exact) mass is 829 g/mol. The molecule has 0 aromatic heterocycles. The van der Waals surface area contributed by atoms with Crippen LogP contribution < -0.4 is 4.72 Å². The van der Waals surface area contributed by atoms with E-state index in [1.165, 1.54) is 4.72 Å². The van der Waals surface area contributed by atoms with Crippen LogP contribution in [0.25, 0.3) is 0 Å². The molecule has 0 saturated carbocycles. The molecule has 0 rings (SSSR count). The quantitative estimate of drug-likeness (QED) is 0.0645. The van der Waals surface area contributed by atoms with Crippen LogP contribution in [0, 0.1) is 0 Å². The van der Waals surface area contributed by atoms with Crippen molar-refractivity contribution in [2.24, 2.45) is 0 Å². The highest BCUT2D eigenvalue weighted by Crippen LogP contribution is 2.67. The number of rotatable bonds is 18. The first kappa shape index (κ1) is 48.1. The van der Waals surface area contributed by atoms with E-state index in [1.54, 1.807) is 0 Å². The van der Waals surface area contributed by atoms with Crippen molar-refractivity contribution in [1.82, 2.24) is 4.72 Å². The molecule has 0 unspecified atom stereocenters. The van der Waals surface area contributed by atoms with Crippen LogP contribution in [-0.2, 0) is 10.0 Å². The number of nitrogens with zero attached hydrogens (tertiary/aromatic N) is 1. The highest BCUT2D eigenvalue weighted by molar-refractivity contribution is 7.89. The number of nitrogens with one attached hydrogen (secondary N) is 1. The highest BCUT2D eigenvalue weighted by Gasteiger charge is 2.99. The van der Waals surface area contributed by atoms with Gasteiger partial charge in [0.25, 0.3) is 0 Å². The van der Waals surface area contributed by atoms with Crippen LogP contribution in [-0.4, -0.2) is 123 Å². The predicted octanol–water partition coefficient (Wildman–Crippen LogP) is 7.70. The van der Waals surface area contributed by atoms with Crippen molar-refractivity contribution in [3.8, 4) is 0 Å². The van der Waals surface area contributed by atoms with E-state index in [9.17, 15) is 123 Å². The molecular weight excluding hydrogens is 811 g/mol. The Morgan fingerprint density at radius 2 is 0.740 bits per heavy atom. The van der Waals surface area contributed by atoms with Gasteiger partial charge in [-0.15, -0.1) is 0 Å². The van der Waals surface area contributed by atoms with Gasteiger partial charge in [0.15, 0.2) is 0 Å². The van der Waals surface area contributed by atoms with Gasteiger partial charge in [0.2, 0.25) is 10.0 Å². The maximum atomic E-state index is 14.0. The van der Waals surface area contributed by atoms with Gasteiger partial charge in [0.05, 0.1) is 19.8 Å². The molecule has 50 heavy (non-hydrogen) atoms. The molecule has 0 atom stereocenters. The minimum Gasteiger partial charge on any atom is -0.217 e. The summed E-state index contributed by atoms with van der Waals surface area (Å²) in [4.78, 5) is 0. The number of quaternary nitrogens is 1. The minimum atomic E-state index is -9.68. The molecule has 2 N–H and O–H groups in total. The van der Waals surface area contributed by atoms with Gasteiger partial charge in [0, 0.05) is 19.4 Å². The summed E-state index contributed by atoms with van der Waals surface area (Å²) in [6.45, 7) is -1.22. The first-order chi connectivity index (χ1) is 21.2. The van der Waals surface area contributed by atoms with Crippen LogP contribution in [0.5, 0.6) is 0 Å². The van der Waals surface area contributed by atoms with Gasteiger partial charge in [-0.1, -0.05) is 0 Å². The van der Waals surface area contributed by atoms with Crippen molar-refractivity contribution in [2.75, 3.05) is 32.9 Å². The number of hydrogen-bond acceptors (Lipinski definition) is 3. The maximum absolute atomic E-state index is 14.0. The fourth-order valence-corrected chi connectivity index (χ4v) is 4.30. The second kappa shape index (κ2) is 12.9. The third kappa shape index (κ3) is 7.32. The van der Waals surface area contributed by atoms with Crippen LogP contribution in [0.3, 0.4) is 0 Å². The molecule has 0 aliphatic rings. The zero-order chi connectivity index (χ0) is 41.2. The molecule has 31 heteroatoms. The molecule has 0 heterocycles.